The Bertz CT molecular complexity index is 528. The van der Waals surface area contributed by atoms with Crippen LogP contribution in [0.15, 0.2) is 22.8 Å². The summed E-state index contributed by atoms with van der Waals surface area (Å²) in [6.07, 6.45) is 1.80. The average molecular weight is 295 g/mol. The van der Waals surface area contributed by atoms with E-state index in [-0.39, 0.29) is 6.04 Å². The van der Waals surface area contributed by atoms with Gasteiger partial charge < -0.3 is 5.73 Å². The molecule has 2 heterocycles. The smallest absolute Gasteiger partial charge is 0.153 e. The summed E-state index contributed by atoms with van der Waals surface area (Å²) in [7, 11) is 0. The van der Waals surface area contributed by atoms with E-state index in [0.717, 1.165) is 27.2 Å². The third-order valence-electron chi connectivity index (χ3n) is 2.72. The van der Waals surface area contributed by atoms with Gasteiger partial charge >= 0.3 is 0 Å². The van der Waals surface area contributed by atoms with E-state index in [4.69, 9.17) is 5.73 Å². The fourth-order valence-corrected chi connectivity index (χ4v) is 1.89. The molecule has 0 saturated heterocycles. The second kappa shape index (κ2) is 4.58. The average Bonchev–Trinajstić information content (AvgIpc) is 2.57. The molecule has 0 spiro atoms. The Kier molecular flexibility index (Phi) is 3.31. The van der Waals surface area contributed by atoms with Gasteiger partial charge in [-0.05, 0) is 48.3 Å². The maximum atomic E-state index is 5.79. The van der Waals surface area contributed by atoms with E-state index < -0.39 is 0 Å². The zero-order valence-electron chi connectivity index (χ0n) is 10.1. The minimum Gasteiger partial charge on any atom is -0.324 e. The summed E-state index contributed by atoms with van der Waals surface area (Å²) in [5.41, 5.74) is 8.82. The number of nitrogens with zero attached hydrogens (tertiary/aromatic N) is 3. The number of aryl methyl sites for hydroxylation is 1. The monoisotopic (exact) mass is 294 g/mol. The van der Waals surface area contributed by atoms with E-state index in [9.17, 15) is 0 Å². The maximum Gasteiger partial charge on any atom is 0.153 e. The molecule has 0 bridgehead atoms. The molecule has 17 heavy (non-hydrogen) atoms. The molecule has 2 rings (SSSR count). The van der Waals surface area contributed by atoms with Crippen LogP contribution in [0, 0.1) is 13.8 Å². The third-order valence-corrected chi connectivity index (χ3v) is 3.86. The van der Waals surface area contributed by atoms with Gasteiger partial charge in [-0.25, -0.2) is 9.67 Å². The van der Waals surface area contributed by atoms with Gasteiger partial charge in [-0.1, -0.05) is 6.07 Å². The number of rotatable bonds is 2. The number of pyridine rings is 1. The normalized spacial score (nSPS) is 12.8. The van der Waals surface area contributed by atoms with Crippen LogP contribution in [0.1, 0.15) is 29.9 Å². The first kappa shape index (κ1) is 12.3. The molecule has 0 saturated carbocycles. The number of aromatic nitrogens is 3. The highest BCUT2D eigenvalue weighted by Gasteiger charge is 2.11. The molecule has 1 atom stereocenters. The van der Waals surface area contributed by atoms with Gasteiger partial charge in [0.25, 0.3) is 0 Å². The molecule has 2 aromatic rings. The number of hydrogen-bond acceptors (Lipinski definition) is 3. The Hall–Kier alpha value is -1.20. The molecule has 0 radical (unpaired) electrons. The summed E-state index contributed by atoms with van der Waals surface area (Å²) in [6.45, 7) is 5.91. The minimum absolute atomic E-state index is 0.00346. The minimum atomic E-state index is 0.00346. The fourth-order valence-electron chi connectivity index (χ4n) is 1.64. The molecule has 0 aliphatic carbocycles. The largest absolute Gasteiger partial charge is 0.324 e. The summed E-state index contributed by atoms with van der Waals surface area (Å²) in [6, 6.07) is 3.92. The Morgan fingerprint density at radius 3 is 2.47 bits per heavy atom. The SMILES string of the molecule is Cc1nn(-c2ccc(C(C)N)cn2)c(C)c1Br. The molecule has 0 fully saturated rings. The van der Waals surface area contributed by atoms with Gasteiger partial charge in [0, 0.05) is 12.2 Å². The van der Waals surface area contributed by atoms with E-state index in [1.807, 2.05) is 37.6 Å². The topological polar surface area (TPSA) is 56.7 Å². The zero-order chi connectivity index (χ0) is 12.6. The molecule has 4 nitrogen and oxygen atoms in total. The zero-order valence-corrected chi connectivity index (χ0v) is 11.7. The van der Waals surface area contributed by atoms with Crippen LogP contribution in [0.2, 0.25) is 0 Å². The van der Waals surface area contributed by atoms with E-state index in [1.165, 1.54) is 0 Å². The van der Waals surface area contributed by atoms with Gasteiger partial charge in [0.2, 0.25) is 0 Å². The van der Waals surface area contributed by atoms with Gasteiger partial charge in [0.1, 0.15) is 0 Å². The number of nitrogens with two attached hydrogens (primary N) is 1. The van der Waals surface area contributed by atoms with Crippen molar-refractivity contribution in [2.45, 2.75) is 26.8 Å². The summed E-state index contributed by atoms with van der Waals surface area (Å²) >= 11 is 3.50. The van der Waals surface area contributed by atoms with Gasteiger partial charge in [-0.2, -0.15) is 5.10 Å². The van der Waals surface area contributed by atoms with Gasteiger partial charge in [-0.15, -0.1) is 0 Å². The van der Waals surface area contributed by atoms with Crippen molar-refractivity contribution < 1.29 is 0 Å². The molecule has 0 aliphatic rings. The van der Waals surface area contributed by atoms with Crippen LogP contribution in [0.3, 0.4) is 0 Å². The van der Waals surface area contributed by atoms with Crippen LogP contribution in [-0.4, -0.2) is 14.8 Å². The first-order valence-corrected chi connectivity index (χ1v) is 6.23. The van der Waals surface area contributed by atoms with Crippen molar-refractivity contribution in [2.75, 3.05) is 0 Å². The van der Waals surface area contributed by atoms with Crippen LogP contribution >= 0.6 is 15.9 Å². The van der Waals surface area contributed by atoms with Crippen molar-refractivity contribution in [3.63, 3.8) is 0 Å². The van der Waals surface area contributed by atoms with Gasteiger partial charge in [0.05, 0.1) is 15.9 Å². The summed E-state index contributed by atoms with van der Waals surface area (Å²) in [4.78, 5) is 4.39. The quantitative estimate of drug-likeness (QED) is 0.926. The molecule has 2 N–H and O–H groups in total. The first-order valence-electron chi connectivity index (χ1n) is 5.44. The van der Waals surface area contributed by atoms with E-state index >= 15 is 0 Å². The van der Waals surface area contributed by atoms with Crippen LogP contribution in [0.4, 0.5) is 0 Å². The first-order chi connectivity index (χ1) is 8.00. The maximum absolute atomic E-state index is 5.79. The Morgan fingerprint density at radius 2 is 2.06 bits per heavy atom. The Labute approximate surface area is 109 Å². The second-order valence-electron chi connectivity index (χ2n) is 4.14. The van der Waals surface area contributed by atoms with Crippen molar-refractivity contribution in [1.82, 2.24) is 14.8 Å². The standard InChI is InChI=1S/C12H15BrN4/c1-7(14)10-4-5-11(15-6-10)17-9(3)12(13)8(2)16-17/h4-7H,14H2,1-3H3. The third kappa shape index (κ3) is 2.25. The lowest BCUT2D eigenvalue weighted by Gasteiger charge is -2.07. The Balaban J connectivity index is 2.43. The van der Waals surface area contributed by atoms with Crippen LogP contribution in [0.5, 0.6) is 0 Å². The highest BCUT2D eigenvalue weighted by Crippen LogP contribution is 2.22. The summed E-state index contributed by atoms with van der Waals surface area (Å²) in [5.74, 6) is 0.806. The van der Waals surface area contributed by atoms with Crippen molar-refractivity contribution in [1.29, 1.82) is 0 Å². The molecular weight excluding hydrogens is 280 g/mol. The molecule has 0 amide bonds. The predicted octanol–water partition coefficient (Wildman–Crippen LogP) is 2.67. The van der Waals surface area contributed by atoms with Crippen molar-refractivity contribution in [3.8, 4) is 5.82 Å². The Morgan fingerprint density at radius 1 is 1.35 bits per heavy atom. The van der Waals surface area contributed by atoms with Gasteiger partial charge in [-0.3, -0.25) is 0 Å². The molecule has 5 heteroatoms. The summed E-state index contributed by atoms with van der Waals surface area (Å²) < 4.78 is 2.85. The lowest BCUT2D eigenvalue weighted by Crippen LogP contribution is -2.07. The summed E-state index contributed by atoms with van der Waals surface area (Å²) in [5, 5.41) is 4.43. The molecule has 90 valence electrons. The van der Waals surface area contributed by atoms with Crippen LogP contribution in [0.25, 0.3) is 5.82 Å². The number of halogens is 1. The molecular formula is C12H15BrN4. The molecule has 0 aromatic carbocycles. The van der Waals surface area contributed by atoms with Crippen molar-refractivity contribution in [2.24, 2.45) is 5.73 Å². The fraction of sp³-hybridized carbons (Fsp3) is 0.333. The second-order valence-corrected chi connectivity index (χ2v) is 4.93. The van der Waals surface area contributed by atoms with E-state index in [2.05, 4.69) is 26.0 Å². The van der Waals surface area contributed by atoms with Crippen molar-refractivity contribution >= 4 is 15.9 Å². The molecule has 0 aliphatic heterocycles. The highest BCUT2D eigenvalue weighted by molar-refractivity contribution is 9.10. The van der Waals surface area contributed by atoms with E-state index in [1.54, 1.807) is 6.20 Å². The van der Waals surface area contributed by atoms with Crippen LogP contribution < -0.4 is 5.73 Å². The number of hydrogen-bond donors (Lipinski definition) is 1. The predicted molar refractivity (Wildman–Crippen MR) is 71.1 cm³/mol. The van der Waals surface area contributed by atoms with Gasteiger partial charge in [0.15, 0.2) is 5.82 Å². The highest BCUT2D eigenvalue weighted by atomic mass is 79.9. The van der Waals surface area contributed by atoms with Crippen molar-refractivity contribution in [3.05, 3.63) is 39.8 Å². The molecule has 2 aromatic heterocycles. The van der Waals surface area contributed by atoms with E-state index in [0.29, 0.717) is 0 Å². The lowest BCUT2D eigenvalue weighted by atomic mass is 10.1. The molecule has 1 unspecified atom stereocenters. The lowest BCUT2D eigenvalue weighted by molar-refractivity contribution is 0.783. The van der Waals surface area contributed by atoms with Crippen LogP contribution in [-0.2, 0) is 0 Å².